The van der Waals surface area contributed by atoms with E-state index in [4.69, 9.17) is 0 Å². The molecular formula is CH4S4. The second-order valence-electron chi connectivity index (χ2n) is 0.406. The van der Waals surface area contributed by atoms with Crippen LogP contribution in [0.1, 0.15) is 0 Å². The molecule has 0 aliphatic heterocycles. The minimum Gasteiger partial charge on any atom is -0.0924 e. The third-order valence-electron chi connectivity index (χ3n) is 0.149. The number of hydrogen-bond donors (Lipinski definition) is 1. The van der Waals surface area contributed by atoms with Crippen LogP contribution in [-0.2, 0) is 29.4 Å². The van der Waals surface area contributed by atoms with Crippen molar-refractivity contribution in [1.82, 2.24) is 0 Å². The van der Waals surface area contributed by atoms with Gasteiger partial charge in [-0.15, -0.1) is 0 Å². The Labute approximate surface area is 46.6 Å². The van der Waals surface area contributed by atoms with Crippen molar-refractivity contribution in [3.8, 4) is 0 Å². The van der Waals surface area contributed by atoms with E-state index >= 15 is 0 Å². The Morgan fingerprint density at radius 2 is 1.80 bits per heavy atom. The molecule has 0 aromatic carbocycles. The molecule has 0 aliphatic carbocycles. The van der Waals surface area contributed by atoms with Crippen LogP contribution in [-0.4, -0.2) is 6.26 Å². The third-order valence-corrected chi connectivity index (χ3v) is 4.02. The molecule has 0 nitrogen and oxygen atoms in total. The Hall–Kier alpha value is 1.14. The fraction of sp³-hybridized carbons (Fsp3) is 1.00. The van der Waals surface area contributed by atoms with Gasteiger partial charge in [0.25, 0.3) is 0 Å². The first kappa shape index (κ1) is 6.14. The summed E-state index contributed by atoms with van der Waals surface area (Å²) in [6.07, 6.45) is 1.94. The molecule has 0 saturated carbocycles. The molecule has 0 unspecified atom stereocenters. The second kappa shape index (κ2) is 3.33. The zero-order valence-corrected chi connectivity index (χ0v) is 6.02. The van der Waals surface area contributed by atoms with Gasteiger partial charge >= 0.3 is 0 Å². The highest BCUT2D eigenvalue weighted by Crippen LogP contribution is 1.88. The molecule has 0 N–H and O–H groups in total. The zero-order valence-electron chi connectivity index (χ0n) is 2.67. The molecular weight excluding hydrogens is 140 g/mol. The average molecular weight is 144 g/mol. The van der Waals surface area contributed by atoms with Gasteiger partial charge in [-0.05, 0) is 28.6 Å². The summed E-state index contributed by atoms with van der Waals surface area (Å²) in [4.78, 5) is 0. The van der Waals surface area contributed by atoms with Crippen LogP contribution in [0.15, 0.2) is 0 Å². The molecule has 0 aliphatic rings. The molecule has 4 heteroatoms. The molecule has 0 spiro atoms. The summed E-state index contributed by atoms with van der Waals surface area (Å²) in [7, 11) is 1.06. The molecule has 0 saturated heterocycles. The number of hydrogen-bond acceptors (Lipinski definition) is 3. The van der Waals surface area contributed by atoms with E-state index in [1.54, 1.807) is 10.8 Å². The summed E-state index contributed by atoms with van der Waals surface area (Å²) in [6, 6.07) is 0. The highest BCUT2D eigenvalue weighted by atomic mass is 33.5. The summed E-state index contributed by atoms with van der Waals surface area (Å²) in [6.45, 7) is 0. The van der Waals surface area contributed by atoms with E-state index in [1.807, 2.05) is 6.26 Å². The topological polar surface area (TPSA) is 0 Å². The number of thiol groups is 1. The van der Waals surface area contributed by atoms with Crippen LogP contribution in [0.4, 0.5) is 0 Å². The Bertz CT molecular complexity index is 61.7. The van der Waals surface area contributed by atoms with E-state index in [9.17, 15) is 0 Å². The summed E-state index contributed by atoms with van der Waals surface area (Å²) in [5.41, 5.74) is 0. The van der Waals surface area contributed by atoms with Crippen molar-refractivity contribution in [2.24, 2.45) is 0 Å². The van der Waals surface area contributed by atoms with E-state index in [2.05, 4.69) is 22.4 Å². The monoisotopic (exact) mass is 144 g/mol. The van der Waals surface area contributed by atoms with Crippen molar-refractivity contribution >= 4 is 40.2 Å². The molecule has 0 bridgehead atoms. The molecule has 0 aromatic heterocycles. The van der Waals surface area contributed by atoms with Crippen LogP contribution in [0.3, 0.4) is 0 Å². The minimum absolute atomic E-state index is 0.515. The largest absolute Gasteiger partial charge is 0.0924 e. The first-order valence-corrected chi connectivity index (χ1v) is 6.15. The lowest BCUT2D eigenvalue weighted by Crippen LogP contribution is -1.46. The number of rotatable bonds is 1. The van der Waals surface area contributed by atoms with Crippen LogP contribution >= 0.6 is 10.8 Å². The van der Waals surface area contributed by atoms with E-state index in [-0.39, 0.29) is 0 Å². The van der Waals surface area contributed by atoms with Crippen molar-refractivity contribution in [3.05, 3.63) is 0 Å². The lowest BCUT2D eigenvalue weighted by molar-refractivity contribution is 2.55. The van der Waals surface area contributed by atoms with E-state index in [0.29, 0.717) is 0 Å². The van der Waals surface area contributed by atoms with Gasteiger partial charge in [-0.1, -0.05) is 17.8 Å². The summed E-state index contributed by atoms with van der Waals surface area (Å²) in [5.74, 6) is 0. The molecule has 0 atom stereocenters. The molecule has 0 radical (unpaired) electrons. The summed E-state index contributed by atoms with van der Waals surface area (Å²) < 4.78 is 0. The SMILES string of the molecule is CS[SH](=S)=S. The highest BCUT2D eigenvalue weighted by Gasteiger charge is 1.56. The first-order valence-electron chi connectivity index (χ1n) is 0.956. The zero-order chi connectivity index (χ0) is 4.28. The van der Waals surface area contributed by atoms with Crippen LogP contribution in [0, 0.1) is 0 Å². The standard InChI is InChI=1S/CH4S4/c1-4-5(2)3/h5H,1H3. The maximum atomic E-state index is 4.62. The lowest BCUT2D eigenvalue weighted by atomic mass is 12.0. The first-order chi connectivity index (χ1) is 2.27. The fourth-order valence-corrected chi connectivity index (χ4v) is 0. The van der Waals surface area contributed by atoms with Gasteiger partial charge in [0.2, 0.25) is 0 Å². The molecule has 0 heterocycles. The predicted octanol–water partition coefficient (Wildman–Crippen LogP) is 0.539. The predicted molar refractivity (Wildman–Crippen MR) is 37.0 cm³/mol. The molecule has 0 fully saturated rings. The van der Waals surface area contributed by atoms with Gasteiger partial charge in [-0.3, -0.25) is 0 Å². The van der Waals surface area contributed by atoms with E-state index < -0.39 is 7.05 Å². The maximum absolute atomic E-state index is 4.62. The summed E-state index contributed by atoms with van der Waals surface area (Å²) in [5, 5.41) is 0. The van der Waals surface area contributed by atoms with Gasteiger partial charge in [0.05, 0.1) is 0 Å². The Morgan fingerprint density at radius 1 is 1.60 bits per heavy atom. The summed E-state index contributed by atoms with van der Waals surface area (Å²) >= 11 is 9.25. The molecule has 0 aromatic rings. The highest BCUT2D eigenvalue weighted by molar-refractivity contribution is 8.90. The van der Waals surface area contributed by atoms with Gasteiger partial charge in [0, 0.05) is 0 Å². The van der Waals surface area contributed by atoms with Crippen molar-refractivity contribution in [2.75, 3.05) is 6.26 Å². The van der Waals surface area contributed by atoms with Crippen molar-refractivity contribution < 1.29 is 0 Å². The fourth-order valence-electron chi connectivity index (χ4n) is 0. The van der Waals surface area contributed by atoms with Gasteiger partial charge in [0.15, 0.2) is 0 Å². The Kier molecular flexibility index (Phi) is 4.09. The van der Waals surface area contributed by atoms with Crippen LogP contribution in [0.25, 0.3) is 0 Å². The van der Waals surface area contributed by atoms with Gasteiger partial charge < -0.3 is 0 Å². The Morgan fingerprint density at radius 3 is 1.80 bits per heavy atom. The normalized spacial score (nSPS) is 9.20. The second-order valence-corrected chi connectivity index (χ2v) is 7.68. The molecule has 5 heavy (non-hydrogen) atoms. The molecule has 0 amide bonds. The van der Waals surface area contributed by atoms with Crippen molar-refractivity contribution in [1.29, 1.82) is 0 Å². The van der Waals surface area contributed by atoms with Crippen LogP contribution in [0.2, 0.25) is 0 Å². The lowest BCUT2D eigenvalue weighted by Gasteiger charge is -1.68. The average Bonchev–Trinajstić information content (AvgIpc) is 1.38. The van der Waals surface area contributed by atoms with Crippen LogP contribution < -0.4 is 0 Å². The Balaban J connectivity index is 3.23. The van der Waals surface area contributed by atoms with Gasteiger partial charge in [0.1, 0.15) is 0 Å². The van der Waals surface area contributed by atoms with E-state index in [0.717, 1.165) is 0 Å². The minimum atomic E-state index is -0.515. The molecule has 0 rings (SSSR count). The van der Waals surface area contributed by atoms with Crippen LogP contribution in [0.5, 0.6) is 0 Å². The van der Waals surface area contributed by atoms with Gasteiger partial charge in [-0.25, -0.2) is 0 Å². The van der Waals surface area contributed by atoms with E-state index in [1.165, 1.54) is 0 Å². The molecule has 32 valence electrons. The van der Waals surface area contributed by atoms with Crippen molar-refractivity contribution in [2.45, 2.75) is 0 Å². The van der Waals surface area contributed by atoms with Crippen molar-refractivity contribution in [3.63, 3.8) is 0 Å². The quantitative estimate of drug-likeness (QED) is 0.422. The smallest absolute Gasteiger partial charge is 0.00760 e. The maximum Gasteiger partial charge on any atom is -0.00760 e. The third kappa shape index (κ3) is 5.14. The van der Waals surface area contributed by atoms with Gasteiger partial charge in [-0.2, -0.15) is 0 Å².